The summed E-state index contributed by atoms with van der Waals surface area (Å²) in [5.41, 5.74) is 3.00. The van der Waals surface area contributed by atoms with Crippen LogP contribution in [0.15, 0.2) is 54.9 Å². The molecule has 0 unspecified atom stereocenters. The Kier molecular flexibility index (Phi) is 5.89. The molecule has 0 saturated heterocycles. The summed E-state index contributed by atoms with van der Waals surface area (Å²) in [7, 11) is 1.59. The SMILES string of the molecule is COc1ccc(C)cc1/C=C/C(=O)NCc1ccc(-n2ccnc2C)c(F)c1. The smallest absolute Gasteiger partial charge is 0.244 e. The second kappa shape index (κ2) is 8.52. The van der Waals surface area contributed by atoms with Gasteiger partial charge in [-0.1, -0.05) is 17.7 Å². The minimum absolute atomic E-state index is 0.230. The van der Waals surface area contributed by atoms with E-state index in [0.717, 1.165) is 11.1 Å². The first kappa shape index (κ1) is 19.4. The molecule has 6 heteroatoms. The zero-order valence-corrected chi connectivity index (χ0v) is 16.1. The highest BCUT2D eigenvalue weighted by molar-refractivity contribution is 5.92. The third-order valence-corrected chi connectivity index (χ3v) is 4.36. The van der Waals surface area contributed by atoms with Crippen LogP contribution in [0.25, 0.3) is 11.8 Å². The molecule has 1 amide bonds. The number of aromatic nitrogens is 2. The lowest BCUT2D eigenvalue weighted by molar-refractivity contribution is -0.116. The molecule has 1 heterocycles. The number of carbonyl (C=O) groups excluding carboxylic acids is 1. The van der Waals surface area contributed by atoms with E-state index in [9.17, 15) is 9.18 Å². The molecular formula is C22H22FN3O2. The molecule has 0 radical (unpaired) electrons. The molecule has 0 saturated carbocycles. The van der Waals surface area contributed by atoms with Crippen molar-refractivity contribution < 1.29 is 13.9 Å². The molecule has 0 bridgehead atoms. The number of hydrogen-bond acceptors (Lipinski definition) is 3. The highest BCUT2D eigenvalue weighted by Crippen LogP contribution is 2.21. The minimum Gasteiger partial charge on any atom is -0.496 e. The Bertz CT molecular complexity index is 1020. The molecule has 5 nitrogen and oxygen atoms in total. The van der Waals surface area contributed by atoms with Crippen molar-refractivity contribution in [2.45, 2.75) is 20.4 Å². The average Bonchev–Trinajstić information content (AvgIpc) is 3.10. The van der Waals surface area contributed by atoms with Crippen molar-refractivity contribution in [3.63, 3.8) is 0 Å². The van der Waals surface area contributed by atoms with Crippen molar-refractivity contribution in [2.24, 2.45) is 0 Å². The van der Waals surface area contributed by atoms with Crippen molar-refractivity contribution in [2.75, 3.05) is 7.11 Å². The summed E-state index contributed by atoms with van der Waals surface area (Å²) >= 11 is 0. The van der Waals surface area contributed by atoms with Crippen molar-refractivity contribution in [1.29, 1.82) is 0 Å². The molecule has 144 valence electrons. The Morgan fingerprint density at radius 3 is 2.75 bits per heavy atom. The zero-order valence-electron chi connectivity index (χ0n) is 16.1. The van der Waals surface area contributed by atoms with Gasteiger partial charge < -0.3 is 14.6 Å². The second-order valence-corrected chi connectivity index (χ2v) is 6.43. The van der Waals surface area contributed by atoms with Gasteiger partial charge in [-0.05, 0) is 49.8 Å². The van der Waals surface area contributed by atoms with Crippen molar-refractivity contribution in [3.8, 4) is 11.4 Å². The van der Waals surface area contributed by atoms with Crippen LogP contribution in [0.3, 0.4) is 0 Å². The third-order valence-electron chi connectivity index (χ3n) is 4.36. The maximum atomic E-state index is 14.4. The van der Waals surface area contributed by atoms with Crippen LogP contribution in [-0.2, 0) is 11.3 Å². The van der Waals surface area contributed by atoms with Crippen LogP contribution >= 0.6 is 0 Å². The number of hydrogen-bond donors (Lipinski definition) is 1. The first-order chi connectivity index (χ1) is 13.5. The molecule has 0 aliphatic rings. The molecule has 3 rings (SSSR count). The van der Waals surface area contributed by atoms with Crippen molar-refractivity contribution in [3.05, 3.63) is 83.2 Å². The summed E-state index contributed by atoms with van der Waals surface area (Å²) in [5.74, 6) is 0.769. The monoisotopic (exact) mass is 379 g/mol. The fraction of sp³-hybridized carbons (Fsp3) is 0.182. The Morgan fingerprint density at radius 2 is 2.07 bits per heavy atom. The lowest BCUT2D eigenvalue weighted by Crippen LogP contribution is -2.20. The molecule has 1 N–H and O–H groups in total. The number of methoxy groups -OCH3 is 1. The van der Waals surface area contributed by atoms with Gasteiger partial charge in [0.1, 0.15) is 17.4 Å². The normalized spacial score (nSPS) is 11.0. The number of amides is 1. The van der Waals surface area contributed by atoms with Crippen LogP contribution in [-0.4, -0.2) is 22.6 Å². The molecule has 0 aliphatic carbocycles. The van der Waals surface area contributed by atoms with Gasteiger partial charge in [-0.2, -0.15) is 0 Å². The van der Waals surface area contributed by atoms with E-state index in [4.69, 9.17) is 4.74 Å². The number of nitrogens with one attached hydrogen (secondary N) is 1. The van der Waals surface area contributed by atoms with E-state index in [1.54, 1.807) is 42.3 Å². The number of ether oxygens (including phenoxy) is 1. The van der Waals surface area contributed by atoms with Crippen molar-refractivity contribution in [1.82, 2.24) is 14.9 Å². The predicted octanol–water partition coefficient (Wildman–Crippen LogP) is 3.97. The number of halogens is 1. The first-order valence-corrected chi connectivity index (χ1v) is 8.87. The Morgan fingerprint density at radius 1 is 1.25 bits per heavy atom. The van der Waals surface area contributed by atoms with Gasteiger partial charge in [-0.15, -0.1) is 0 Å². The number of nitrogens with zero attached hydrogens (tertiary/aromatic N) is 2. The summed E-state index contributed by atoms with van der Waals surface area (Å²) in [4.78, 5) is 16.2. The summed E-state index contributed by atoms with van der Waals surface area (Å²) in [6.45, 7) is 4.01. The van der Waals surface area contributed by atoms with Gasteiger partial charge in [0.25, 0.3) is 0 Å². The standard InChI is InChI=1S/C22H22FN3O2/c1-15-4-8-21(28-3)18(12-15)6-9-22(27)25-14-17-5-7-20(19(23)13-17)26-11-10-24-16(26)2/h4-13H,14H2,1-3H3,(H,25,27)/b9-6+. The van der Waals surface area contributed by atoms with Gasteiger partial charge in [0.2, 0.25) is 5.91 Å². The maximum absolute atomic E-state index is 14.4. The van der Waals surface area contributed by atoms with E-state index in [0.29, 0.717) is 22.8 Å². The van der Waals surface area contributed by atoms with E-state index >= 15 is 0 Å². The predicted molar refractivity (Wildman–Crippen MR) is 107 cm³/mol. The van der Waals surface area contributed by atoms with Gasteiger partial charge in [-0.3, -0.25) is 4.79 Å². The molecule has 1 aromatic heterocycles. The van der Waals surface area contributed by atoms with Gasteiger partial charge in [0.15, 0.2) is 0 Å². The lowest BCUT2D eigenvalue weighted by atomic mass is 10.1. The molecule has 0 atom stereocenters. The number of rotatable bonds is 6. The summed E-state index contributed by atoms with van der Waals surface area (Å²) in [5, 5.41) is 2.76. The zero-order chi connectivity index (χ0) is 20.1. The van der Waals surface area contributed by atoms with Gasteiger partial charge >= 0.3 is 0 Å². The van der Waals surface area contributed by atoms with E-state index in [-0.39, 0.29) is 18.3 Å². The van der Waals surface area contributed by atoms with E-state index in [1.807, 2.05) is 32.0 Å². The fourth-order valence-corrected chi connectivity index (χ4v) is 2.89. The van der Waals surface area contributed by atoms with Crippen LogP contribution in [0.5, 0.6) is 5.75 Å². The van der Waals surface area contributed by atoms with Crippen LogP contribution in [0.2, 0.25) is 0 Å². The maximum Gasteiger partial charge on any atom is 0.244 e. The van der Waals surface area contributed by atoms with Gasteiger partial charge in [0.05, 0.1) is 12.8 Å². The van der Waals surface area contributed by atoms with E-state index in [2.05, 4.69) is 10.3 Å². The second-order valence-electron chi connectivity index (χ2n) is 6.43. The fourth-order valence-electron chi connectivity index (χ4n) is 2.89. The molecule has 2 aromatic carbocycles. The minimum atomic E-state index is -0.368. The summed E-state index contributed by atoms with van der Waals surface area (Å²) < 4.78 is 21.4. The van der Waals surface area contributed by atoms with Gasteiger partial charge in [0, 0.05) is 30.6 Å². The third kappa shape index (κ3) is 4.46. The number of imidazole rings is 1. The number of carbonyl (C=O) groups is 1. The molecular weight excluding hydrogens is 357 g/mol. The van der Waals surface area contributed by atoms with E-state index in [1.165, 1.54) is 12.1 Å². The van der Waals surface area contributed by atoms with Gasteiger partial charge in [-0.25, -0.2) is 9.37 Å². The topological polar surface area (TPSA) is 56.1 Å². The largest absolute Gasteiger partial charge is 0.496 e. The lowest BCUT2D eigenvalue weighted by Gasteiger charge is -2.09. The molecule has 0 aliphatic heterocycles. The van der Waals surface area contributed by atoms with Crippen LogP contribution in [0, 0.1) is 19.7 Å². The highest BCUT2D eigenvalue weighted by atomic mass is 19.1. The Balaban J connectivity index is 1.64. The molecule has 3 aromatic rings. The van der Waals surface area contributed by atoms with Crippen molar-refractivity contribution >= 4 is 12.0 Å². The quantitative estimate of drug-likeness (QED) is 0.660. The Labute approximate surface area is 163 Å². The van der Waals surface area contributed by atoms with Crippen LogP contribution in [0.4, 0.5) is 4.39 Å². The first-order valence-electron chi connectivity index (χ1n) is 8.87. The Hall–Kier alpha value is -3.41. The average molecular weight is 379 g/mol. The number of aryl methyl sites for hydroxylation is 2. The molecule has 0 spiro atoms. The molecule has 0 fully saturated rings. The molecule has 28 heavy (non-hydrogen) atoms. The highest BCUT2D eigenvalue weighted by Gasteiger charge is 2.08. The van der Waals surface area contributed by atoms with Crippen LogP contribution < -0.4 is 10.1 Å². The van der Waals surface area contributed by atoms with E-state index < -0.39 is 0 Å². The van der Waals surface area contributed by atoms with Crippen LogP contribution in [0.1, 0.15) is 22.5 Å². The number of benzene rings is 2. The summed E-state index contributed by atoms with van der Waals surface area (Å²) in [6.07, 6.45) is 6.47. The summed E-state index contributed by atoms with van der Waals surface area (Å²) in [6, 6.07) is 10.6.